The molecule has 1 amide bonds. The van der Waals surface area contributed by atoms with Gasteiger partial charge in [0.15, 0.2) is 5.96 Å². The van der Waals surface area contributed by atoms with Crippen LogP contribution < -0.4 is 10.6 Å². The summed E-state index contributed by atoms with van der Waals surface area (Å²) in [5.41, 5.74) is 1.04. The van der Waals surface area contributed by atoms with Crippen molar-refractivity contribution in [3.05, 3.63) is 12.2 Å². The van der Waals surface area contributed by atoms with Crippen LogP contribution in [-0.2, 0) is 4.79 Å². The van der Waals surface area contributed by atoms with E-state index in [2.05, 4.69) is 28.5 Å². The Balaban J connectivity index is 2.57. The summed E-state index contributed by atoms with van der Waals surface area (Å²) in [6, 6.07) is 0.438. The SMILES string of the molecule is C=C(C)CNC(=NCC(=O)N(C)C)NC1CCC(SC)C1. The molecule has 5 nitrogen and oxygen atoms in total. The fraction of sp³-hybridized carbons (Fsp3) is 0.733. The first kappa shape index (κ1) is 17.9. The molecule has 0 spiro atoms. The number of hydrogen-bond donors (Lipinski definition) is 2. The predicted molar refractivity (Wildman–Crippen MR) is 91.9 cm³/mol. The van der Waals surface area contributed by atoms with Gasteiger partial charge in [0.2, 0.25) is 5.91 Å². The van der Waals surface area contributed by atoms with Crippen LogP contribution in [0.1, 0.15) is 26.2 Å². The molecule has 2 unspecified atom stereocenters. The van der Waals surface area contributed by atoms with Crippen molar-refractivity contribution in [1.82, 2.24) is 15.5 Å². The summed E-state index contributed by atoms with van der Waals surface area (Å²) in [5.74, 6) is 0.708. The van der Waals surface area contributed by atoms with Crippen molar-refractivity contribution in [2.75, 3.05) is 33.4 Å². The molecule has 0 saturated heterocycles. The Hall–Kier alpha value is -1.17. The predicted octanol–water partition coefficient (Wildman–Crippen LogP) is 1.47. The molecule has 2 N–H and O–H groups in total. The smallest absolute Gasteiger partial charge is 0.243 e. The molecule has 0 bridgehead atoms. The summed E-state index contributed by atoms with van der Waals surface area (Å²) in [6.45, 7) is 6.68. The molecular weight excluding hydrogens is 284 g/mol. The van der Waals surface area contributed by atoms with E-state index in [-0.39, 0.29) is 12.5 Å². The number of carbonyl (C=O) groups is 1. The number of likely N-dealkylation sites (N-methyl/N-ethyl adjacent to an activating group) is 1. The Bertz CT molecular complexity index is 395. The Morgan fingerprint density at radius 3 is 2.67 bits per heavy atom. The quantitative estimate of drug-likeness (QED) is 0.443. The Labute approximate surface area is 132 Å². The molecule has 21 heavy (non-hydrogen) atoms. The lowest BCUT2D eigenvalue weighted by molar-refractivity contribution is -0.127. The van der Waals surface area contributed by atoms with Crippen LogP contribution in [-0.4, -0.2) is 61.5 Å². The molecule has 1 saturated carbocycles. The van der Waals surface area contributed by atoms with Crippen LogP contribution in [0.5, 0.6) is 0 Å². The van der Waals surface area contributed by atoms with Gasteiger partial charge in [0.05, 0.1) is 0 Å². The lowest BCUT2D eigenvalue weighted by atomic mass is 10.2. The van der Waals surface area contributed by atoms with Gasteiger partial charge in [0.1, 0.15) is 6.54 Å². The molecule has 1 rings (SSSR count). The van der Waals surface area contributed by atoms with E-state index in [1.807, 2.05) is 18.7 Å². The summed E-state index contributed by atoms with van der Waals surface area (Å²) in [7, 11) is 3.48. The van der Waals surface area contributed by atoms with Gasteiger partial charge in [-0.25, -0.2) is 4.99 Å². The van der Waals surface area contributed by atoms with Crippen LogP contribution in [0.15, 0.2) is 17.1 Å². The zero-order chi connectivity index (χ0) is 15.8. The molecule has 0 aromatic heterocycles. The van der Waals surface area contributed by atoms with Crippen LogP contribution in [0.25, 0.3) is 0 Å². The molecule has 0 aromatic carbocycles. The minimum atomic E-state index is -0.000151. The monoisotopic (exact) mass is 312 g/mol. The van der Waals surface area contributed by atoms with E-state index >= 15 is 0 Å². The van der Waals surface area contributed by atoms with E-state index in [4.69, 9.17) is 0 Å². The molecule has 1 fully saturated rings. The second kappa shape index (κ2) is 8.97. The standard InChI is InChI=1S/C15H28N4OS/c1-11(2)9-16-15(17-10-14(20)19(3)4)18-12-6-7-13(8-12)21-5/h12-13H,1,6-10H2,2-5H3,(H2,16,17,18). The number of nitrogens with zero attached hydrogens (tertiary/aromatic N) is 2. The first-order valence-corrected chi connectivity index (χ1v) is 8.63. The lowest BCUT2D eigenvalue weighted by Gasteiger charge is -2.18. The van der Waals surface area contributed by atoms with Crippen LogP contribution in [0.3, 0.4) is 0 Å². The third-order valence-corrected chi connectivity index (χ3v) is 4.58. The van der Waals surface area contributed by atoms with Gasteiger partial charge in [-0.3, -0.25) is 4.79 Å². The van der Waals surface area contributed by atoms with Crippen LogP contribution in [0, 0.1) is 0 Å². The zero-order valence-corrected chi connectivity index (χ0v) is 14.4. The normalized spacial score (nSPS) is 22.0. The van der Waals surface area contributed by atoms with E-state index in [1.54, 1.807) is 19.0 Å². The van der Waals surface area contributed by atoms with Gasteiger partial charge in [-0.15, -0.1) is 0 Å². The summed E-state index contributed by atoms with van der Waals surface area (Å²) in [6.07, 6.45) is 5.71. The molecule has 0 aliphatic heterocycles. The van der Waals surface area contributed by atoms with Gasteiger partial charge in [-0.1, -0.05) is 12.2 Å². The third-order valence-electron chi connectivity index (χ3n) is 3.49. The van der Waals surface area contributed by atoms with E-state index in [9.17, 15) is 4.79 Å². The second-order valence-corrected chi connectivity index (χ2v) is 6.91. The number of rotatable bonds is 6. The van der Waals surface area contributed by atoms with Crippen LogP contribution >= 0.6 is 11.8 Å². The average Bonchev–Trinajstić information content (AvgIpc) is 2.88. The van der Waals surface area contributed by atoms with Crippen molar-refractivity contribution >= 4 is 23.6 Å². The van der Waals surface area contributed by atoms with Crippen molar-refractivity contribution in [3.63, 3.8) is 0 Å². The van der Waals surface area contributed by atoms with Crippen molar-refractivity contribution in [3.8, 4) is 0 Å². The zero-order valence-electron chi connectivity index (χ0n) is 13.6. The fourth-order valence-corrected chi connectivity index (χ4v) is 2.95. The summed E-state index contributed by atoms with van der Waals surface area (Å²) in [5, 5.41) is 7.41. The largest absolute Gasteiger partial charge is 0.354 e. The minimum absolute atomic E-state index is 0.000151. The third kappa shape index (κ3) is 6.89. The van der Waals surface area contributed by atoms with Crippen molar-refractivity contribution < 1.29 is 4.79 Å². The van der Waals surface area contributed by atoms with Gasteiger partial charge in [-0.05, 0) is 32.4 Å². The molecule has 0 aromatic rings. The maximum Gasteiger partial charge on any atom is 0.243 e. The van der Waals surface area contributed by atoms with E-state index in [1.165, 1.54) is 6.42 Å². The molecule has 1 aliphatic carbocycles. The number of hydrogen-bond acceptors (Lipinski definition) is 3. The van der Waals surface area contributed by atoms with Crippen molar-refractivity contribution in [2.45, 2.75) is 37.5 Å². The lowest BCUT2D eigenvalue weighted by Crippen LogP contribution is -2.43. The maximum absolute atomic E-state index is 11.7. The van der Waals surface area contributed by atoms with Gasteiger partial charge in [0, 0.05) is 31.9 Å². The molecule has 6 heteroatoms. The van der Waals surface area contributed by atoms with Gasteiger partial charge < -0.3 is 15.5 Å². The van der Waals surface area contributed by atoms with Gasteiger partial charge in [-0.2, -0.15) is 11.8 Å². The van der Waals surface area contributed by atoms with E-state index < -0.39 is 0 Å². The highest BCUT2D eigenvalue weighted by Crippen LogP contribution is 2.27. The average molecular weight is 312 g/mol. The van der Waals surface area contributed by atoms with E-state index in [0.717, 1.165) is 23.7 Å². The first-order chi connectivity index (χ1) is 9.92. The number of aliphatic imine (C=N–C) groups is 1. The van der Waals surface area contributed by atoms with Gasteiger partial charge >= 0.3 is 0 Å². The highest BCUT2D eigenvalue weighted by molar-refractivity contribution is 7.99. The molecular formula is C15H28N4OS. The van der Waals surface area contributed by atoms with Crippen LogP contribution in [0.4, 0.5) is 0 Å². The van der Waals surface area contributed by atoms with Crippen molar-refractivity contribution in [2.24, 2.45) is 4.99 Å². The highest BCUT2D eigenvalue weighted by Gasteiger charge is 2.24. The second-order valence-electron chi connectivity index (χ2n) is 5.78. The molecule has 120 valence electrons. The van der Waals surface area contributed by atoms with E-state index in [0.29, 0.717) is 18.5 Å². The molecule has 0 radical (unpaired) electrons. The Kier molecular flexibility index (Phi) is 7.64. The number of guanidine groups is 1. The number of nitrogens with one attached hydrogen (secondary N) is 2. The Morgan fingerprint density at radius 1 is 1.43 bits per heavy atom. The highest BCUT2D eigenvalue weighted by atomic mass is 32.2. The number of thioether (sulfide) groups is 1. The fourth-order valence-electron chi connectivity index (χ4n) is 2.15. The first-order valence-electron chi connectivity index (χ1n) is 7.34. The molecule has 1 aliphatic rings. The van der Waals surface area contributed by atoms with Crippen LogP contribution in [0.2, 0.25) is 0 Å². The summed E-state index contributed by atoms with van der Waals surface area (Å²) in [4.78, 5) is 17.6. The summed E-state index contributed by atoms with van der Waals surface area (Å²) < 4.78 is 0. The topological polar surface area (TPSA) is 56.7 Å². The maximum atomic E-state index is 11.7. The van der Waals surface area contributed by atoms with Crippen molar-refractivity contribution in [1.29, 1.82) is 0 Å². The Morgan fingerprint density at radius 2 is 2.14 bits per heavy atom. The van der Waals surface area contributed by atoms with Gasteiger partial charge in [0.25, 0.3) is 0 Å². The minimum Gasteiger partial charge on any atom is -0.354 e. The molecule has 0 heterocycles. The number of amides is 1. The molecule has 2 atom stereocenters. The number of carbonyl (C=O) groups excluding carboxylic acids is 1. The summed E-state index contributed by atoms with van der Waals surface area (Å²) >= 11 is 1.93.